The highest BCUT2D eigenvalue weighted by atomic mass is 32.1. The molecule has 0 spiro atoms. The third-order valence-corrected chi connectivity index (χ3v) is 3.41. The van der Waals surface area contributed by atoms with Crippen molar-refractivity contribution in [3.63, 3.8) is 0 Å². The molecule has 0 saturated carbocycles. The van der Waals surface area contributed by atoms with Gasteiger partial charge in [-0.1, -0.05) is 13.8 Å². The summed E-state index contributed by atoms with van der Waals surface area (Å²) in [5.41, 5.74) is 0.889. The van der Waals surface area contributed by atoms with E-state index in [1.54, 1.807) is 6.20 Å². The summed E-state index contributed by atoms with van der Waals surface area (Å²) in [6.07, 6.45) is 1.73. The van der Waals surface area contributed by atoms with Gasteiger partial charge in [-0.05, 0) is 30.2 Å². The highest BCUT2D eigenvalue weighted by Crippen LogP contribution is 2.18. The lowest BCUT2D eigenvalue weighted by Crippen LogP contribution is -2.19. The lowest BCUT2D eigenvalue weighted by atomic mass is 10.2. The molecule has 0 aliphatic heterocycles. The Kier molecular flexibility index (Phi) is 5.49. The van der Waals surface area contributed by atoms with Crippen LogP contribution in [0.5, 0.6) is 5.75 Å². The van der Waals surface area contributed by atoms with Gasteiger partial charge < -0.3 is 10.1 Å². The zero-order valence-electron chi connectivity index (χ0n) is 11.7. The van der Waals surface area contributed by atoms with Crippen LogP contribution in [-0.4, -0.2) is 11.5 Å². The molecular weight excluding hydrogens is 275 g/mol. The standard InChI is InChI=1S/C15H19FN2OS/c1-11(2)8-17-9-12-5-13(16)7-14(6-12)19-10-15-18-3-4-20-15/h3-7,11,17H,8-10H2,1-2H3. The van der Waals surface area contributed by atoms with Crippen LogP contribution < -0.4 is 10.1 Å². The molecule has 0 aliphatic carbocycles. The quantitative estimate of drug-likeness (QED) is 0.847. The van der Waals surface area contributed by atoms with Crippen molar-refractivity contribution in [3.05, 3.63) is 46.2 Å². The highest BCUT2D eigenvalue weighted by Gasteiger charge is 2.04. The number of hydrogen-bond acceptors (Lipinski definition) is 4. The van der Waals surface area contributed by atoms with Crippen molar-refractivity contribution in [2.45, 2.75) is 27.0 Å². The smallest absolute Gasteiger partial charge is 0.140 e. The van der Waals surface area contributed by atoms with Crippen molar-refractivity contribution >= 4 is 11.3 Å². The van der Waals surface area contributed by atoms with Crippen molar-refractivity contribution in [2.24, 2.45) is 5.92 Å². The molecule has 0 saturated heterocycles. The number of halogens is 1. The molecule has 20 heavy (non-hydrogen) atoms. The summed E-state index contributed by atoms with van der Waals surface area (Å²) in [5.74, 6) is 0.841. The van der Waals surface area contributed by atoms with E-state index in [0.29, 0.717) is 24.8 Å². The number of nitrogens with one attached hydrogen (secondary N) is 1. The van der Waals surface area contributed by atoms with E-state index in [9.17, 15) is 4.39 Å². The fourth-order valence-electron chi connectivity index (χ4n) is 1.78. The molecular formula is C15H19FN2OS. The number of hydrogen-bond donors (Lipinski definition) is 1. The van der Waals surface area contributed by atoms with Crippen LogP contribution in [0.1, 0.15) is 24.4 Å². The minimum Gasteiger partial charge on any atom is -0.486 e. The molecule has 2 rings (SSSR count). The maximum Gasteiger partial charge on any atom is 0.140 e. The van der Waals surface area contributed by atoms with Gasteiger partial charge in [-0.3, -0.25) is 0 Å². The lowest BCUT2D eigenvalue weighted by Gasteiger charge is -2.10. The van der Waals surface area contributed by atoms with E-state index in [1.165, 1.54) is 23.5 Å². The summed E-state index contributed by atoms with van der Waals surface area (Å²) >= 11 is 1.53. The SMILES string of the molecule is CC(C)CNCc1cc(F)cc(OCc2nccs2)c1. The Labute approximate surface area is 122 Å². The van der Waals surface area contributed by atoms with E-state index in [0.717, 1.165) is 17.1 Å². The van der Waals surface area contributed by atoms with Crippen LogP contribution in [0, 0.1) is 11.7 Å². The molecule has 1 heterocycles. The van der Waals surface area contributed by atoms with Gasteiger partial charge in [-0.2, -0.15) is 0 Å². The fraction of sp³-hybridized carbons (Fsp3) is 0.400. The first-order valence-corrected chi connectivity index (χ1v) is 7.53. The number of thiazole rings is 1. The Morgan fingerprint density at radius 2 is 2.20 bits per heavy atom. The number of aromatic nitrogens is 1. The largest absolute Gasteiger partial charge is 0.486 e. The second kappa shape index (κ2) is 7.36. The molecule has 0 radical (unpaired) electrons. The Morgan fingerprint density at radius 3 is 2.90 bits per heavy atom. The van der Waals surface area contributed by atoms with Gasteiger partial charge in [0.2, 0.25) is 0 Å². The summed E-state index contributed by atoms with van der Waals surface area (Å²) in [6.45, 7) is 6.21. The highest BCUT2D eigenvalue weighted by molar-refractivity contribution is 7.09. The zero-order chi connectivity index (χ0) is 14.4. The zero-order valence-corrected chi connectivity index (χ0v) is 12.5. The van der Waals surface area contributed by atoms with Crippen molar-refractivity contribution in [1.82, 2.24) is 10.3 Å². The predicted octanol–water partition coefficient (Wildman–Crippen LogP) is 3.61. The first-order valence-electron chi connectivity index (χ1n) is 6.65. The molecule has 5 heteroatoms. The first kappa shape index (κ1) is 14.9. The van der Waals surface area contributed by atoms with Crippen LogP contribution in [0.3, 0.4) is 0 Å². The Bertz CT molecular complexity index is 529. The Hall–Kier alpha value is -1.46. The van der Waals surface area contributed by atoms with E-state index in [4.69, 9.17) is 4.74 Å². The molecule has 108 valence electrons. The second-order valence-electron chi connectivity index (χ2n) is 5.03. The average molecular weight is 294 g/mol. The van der Waals surface area contributed by atoms with Crippen molar-refractivity contribution in [3.8, 4) is 5.75 Å². The van der Waals surface area contributed by atoms with Crippen molar-refractivity contribution in [1.29, 1.82) is 0 Å². The van der Waals surface area contributed by atoms with Gasteiger partial charge in [0.05, 0.1) is 0 Å². The second-order valence-corrected chi connectivity index (χ2v) is 6.01. The minimum absolute atomic E-state index is 0.275. The molecule has 0 bridgehead atoms. The maximum atomic E-state index is 13.6. The summed E-state index contributed by atoms with van der Waals surface area (Å²) in [6, 6.07) is 4.80. The Balaban J connectivity index is 1.93. The van der Waals surface area contributed by atoms with Gasteiger partial charge >= 0.3 is 0 Å². The number of nitrogens with zero attached hydrogens (tertiary/aromatic N) is 1. The van der Waals surface area contributed by atoms with Gasteiger partial charge in [0.25, 0.3) is 0 Å². The third-order valence-electron chi connectivity index (χ3n) is 2.66. The van der Waals surface area contributed by atoms with E-state index in [-0.39, 0.29) is 5.82 Å². The van der Waals surface area contributed by atoms with Crippen LogP contribution in [0.4, 0.5) is 4.39 Å². The van der Waals surface area contributed by atoms with Crippen molar-refractivity contribution < 1.29 is 9.13 Å². The summed E-state index contributed by atoms with van der Waals surface area (Å²) in [4.78, 5) is 4.13. The monoisotopic (exact) mass is 294 g/mol. The van der Waals surface area contributed by atoms with Crippen LogP contribution in [0.15, 0.2) is 29.8 Å². The van der Waals surface area contributed by atoms with Crippen LogP contribution in [0.25, 0.3) is 0 Å². The molecule has 2 aromatic rings. The first-order chi connectivity index (χ1) is 9.63. The van der Waals surface area contributed by atoms with E-state index in [2.05, 4.69) is 24.1 Å². The number of ether oxygens (including phenoxy) is 1. The normalized spacial score (nSPS) is 11.0. The van der Waals surface area contributed by atoms with Gasteiger partial charge in [-0.25, -0.2) is 9.37 Å². The van der Waals surface area contributed by atoms with E-state index in [1.807, 2.05) is 11.4 Å². The molecule has 0 aliphatic rings. The van der Waals surface area contributed by atoms with Crippen LogP contribution in [0.2, 0.25) is 0 Å². The van der Waals surface area contributed by atoms with E-state index < -0.39 is 0 Å². The van der Waals surface area contributed by atoms with E-state index >= 15 is 0 Å². The summed E-state index contributed by atoms with van der Waals surface area (Å²) in [7, 11) is 0. The average Bonchev–Trinajstić information content (AvgIpc) is 2.88. The third kappa shape index (κ3) is 4.90. The molecule has 3 nitrogen and oxygen atoms in total. The summed E-state index contributed by atoms with van der Waals surface area (Å²) < 4.78 is 19.1. The van der Waals surface area contributed by atoms with Crippen LogP contribution in [-0.2, 0) is 13.2 Å². The molecule has 0 amide bonds. The summed E-state index contributed by atoms with van der Waals surface area (Å²) in [5, 5.41) is 6.07. The molecule has 0 unspecified atom stereocenters. The fourth-order valence-corrected chi connectivity index (χ4v) is 2.31. The molecule has 0 fully saturated rings. The molecule has 0 atom stereocenters. The molecule has 1 N–H and O–H groups in total. The number of rotatable bonds is 7. The molecule has 1 aromatic heterocycles. The predicted molar refractivity (Wildman–Crippen MR) is 79.4 cm³/mol. The maximum absolute atomic E-state index is 13.6. The number of benzene rings is 1. The van der Waals surface area contributed by atoms with Crippen molar-refractivity contribution in [2.75, 3.05) is 6.54 Å². The Morgan fingerprint density at radius 1 is 1.35 bits per heavy atom. The lowest BCUT2D eigenvalue weighted by molar-refractivity contribution is 0.303. The van der Waals surface area contributed by atoms with Gasteiger partial charge in [0, 0.05) is 24.2 Å². The van der Waals surface area contributed by atoms with Gasteiger partial charge in [-0.15, -0.1) is 11.3 Å². The minimum atomic E-state index is -0.275. The van der Waals surface area contributed by atoms with Gasteiger partial charge in [0.1, 0.15) is 23.2 Å². The topological polar surface area (TPSA) is 34.1 Å². The van der Waals surface area contributed by atoms with Crippen LogP contribution >= 0.6 is 11.3 Å². The van der Waals surface area contributed by atoms with Gasteiger partial charge in [0.15, 0.2) is 0 Å². The molecule has 1 aromatic carbocycles.